The van der Waals surface area contributed by atoms with E-state index in [-0.39, 0.29) is 5.56 Å². The van der Waals surface area contributed by atoms with E-state index in [4.69, 9.17) is 0 Å². The van der Waals surface area contributed by atoms with Crippen LogP contribution in [0.2, 0.25) is 0 Å². The van der Waals surface area contributed by atoms with Crippen LogP contribution in [0.3, 0.4) is 0 Å². The van der Waals surface area contributed by atoms with Crippen LogP contribution in [0, 0.1) is 0 Å². The lowest BCUT2D eigenvalue weighted by molar-refractivity contribution is 0.829. The standard InChI is InChI=1S/C20H16BrN5OS/c21-14-8-9-17-22-15(10-18(27)25(17)11-14)12-28-20-24-23-19(13-6-7-13)26(20)16-4-2-1-3-5-16/h1-5,8-11,13H,6-7,12H2. The molecule has 0 unspecified atom stereocenters. The van der Waals surface area contributed by atoms with E-state index >= 15 is 0 Å². The van der Waals surface area contributed by atoms with E-state index in [0.29, 0.717) is 17.3 Å². The Morgan fingerprint density at radius 3 is 2.71 bits per heavy atom. The molecule has 3 aromatic heterocycles. The van der Waals surface area contributed by atoms with Crippen molar-refractivity contribution < 1.29 is 0 Å². The Kier molecular flexibility index (Phi) is 4.52. The summed E-state index contributed by atoms with van der Waals surface area (Å²) in [5.74, 6) is 2.06. The highest BCUT2D eigenvalue weighted by Crippen LogP contribution is 2.41. The molecule has 0 spiro atoms. The molecule has 0 aliphatic heterocycles. The van der Waals surface area contributed by atoms with Crippen molar-refractivity contribution in [2.45, 2.75) is 29.7 Å². The lowest BCUT2D eigenvalue weighted by Gasteiger charge is -2.10. The van der Waals surface area contributed by atoms with Gasteiger partial charge >= 0.3 is 0 Å². The zero-order chi connectivity index (χ0) is 19.1. The van der Waals surface area contributed by atoms with Crippen molar-refractivity contribution in [3.8, 4) is 5.69 Å². The molecule has 0 amide bonds. The molecule has 1 aliphatic rings. The summed E-state index contributed by atoms with van der Waals surface area (Å²) in [6.07, 6.45) is 4.05. The second kappa shape index (κ2) is 7.18. The molecule has 8 heteroatoms. The summed E-state index contributed by atoms with van der Waals surface area (Å²) in [5, 5.41) is 9.69. The van der Waals surface area contributed by atoms with Gasteiger partial charge in [0.25, 0.3) is 5.56 Å². The van der Waals surface area contributed by atoms with Gasteiger partial charge in [-0.1, -0.05) is 30.0 Å². The van der Waals surface area contributed by atoms with Crippen LogP contribution in [0.15, 0.2) is 69.2 Å². The van der Waals surface area contributed by atoms with E-state index in [1.54, 1.807) is 24.0 Å². The van der Waals surface area contributed by atoms with E-state index in [1.807, 2.05) is 30.3 Å². The van der Waals surface area contributed by atoms with Gasteiger partial charge in [0.2, 0.25) is 0 Å². The van der Waals surface area contributed by atoms with Gasteiger partial charge < -0.3 is 0 Å². The van der Waals surface area contributed by atoms with Crippen LogP contribution in [0.25, 0.3) is 11.3 Å². The minimum atomic E-state index is -0.0925. The lowest BCUT2D eigenvalue weighted by atomic mass is 10.3. The third-order valence-corrected chi connectivity index (χ3v) is 6.07. The molecule has 4 aromatic rings. The van der Waals surface area contributed by atoms with Crippen molar-refractivity contribution in [1.29, 1.82) is 0 Å². The first-order valence-corrected chi connectivity index (χ1v) is 10.8. The summed E-state index contributed by atoms with van der Waals surface area (Å²) in [4.78, 5) is 17.0. The summed E-state index contributed by atoms with van der Waals surface area (Å²) in [5.41, 5.74) is 2.33. The Labute approximate surface area is 173 Å². The predicted octanol–water partition coefficient (Wildman–Crippen LogP) is 4.21. The third-order valence-electron chi connectivity index (χ3n) is 4.64. The molecule has 3 heterocycles. The summed E-state index contributed by atoms with van der Waals surface area (Å²) in [6.45, 7) is 0. The fourth-order valence-electron chi connectivity index (χ4n) is 3.14. The van der Waals surface area contributed by atoms with Crippen molar-refractivity contribution in [1.82, 2.24) is 24.1 Å². The first-order chi connectivity index (χ1) is 13.7. The topological polar surface area (TPSA) is 65.1 Å². The van der Waals surface area contributed by atoms with Gasteiger partial charge in [-0.05, 0) is 53.0 Å². The maximum Gasteiger partial charge on any atom is 0.258 e. The summed E-state index contributed by atoms with van der Waals surface area (Å²) in [7, 11) is 0. The number of benzene rings is 1. The number of pyridine rings is 1. The lowest BCUT2D eigenvalue weighted by Crippen LogP contribution is -2.15. The Morgan fingerprint density at radius 2 is 1.93 bits per heavy atom. The van der Waals surface area contributed by atoms with Crippen LogP contribution < -0.4 is 5.56 Å². The summed E-state index contributed by atoms with van der Waals surface area (Å²) >= 11 is 4.94. The molecule has 6 nitrogen and oxygen atoms in total. The molecular formula is C20H16BrN5OS. The second-order valence-electron chi connectivity index (χ2n) is 6.74. The summed E-state index contributed by atoms with van der Waals surface area (Å²) < 4.78 is 4.51. The Bertz CT molecular complexity index is 1220. The Hall–Kier alpha value is -2.45. The van der Waals surface area contributed by atoms with Crippen LogP contribution in [0.5, 0.6) is 0 Å². The van der Waals surface area contributed by atoms with Crippen LogP contribution in [-0.2, 0) is 5.75 Å². The largest absolute Gasteiger partial charge is 0.274 e. The minimum Gasteiger partial charge on any atom is -0.274 e. The molecule has 0 saturated heterocycles. The average molecular weight is 454 g/mol. The fourth-order valence-corrected chi connectivity index (χ4v) is 4.33. The highest BCUT2D eigenvalue weighted by atomic mass is 79.9. The van der Waals surface area contributed by atoms with Gasteiger partial charge in [0, 0.05) is 34.1 Å². The number of fused-ring (bicyclic) bond motifs is 1. The molecule has 0 bridgehead atoms. The van der Waals surface area contributed by atoms with Crippen LogP contribution in [0.1, 0.15) is 30.3 Å². The molecule has 5 rings (SSSR count). The smallest absolute Gasteiger partial charge is 0.258 e. The first-order valence-electron chi connectivity index (χ1n) is 9.00. The predicted molar refractivity (Wildman–Crippen MR) is 112 cm³/mol. The van der Waals surface area contributed by atoms with E-state index in [9.17, 15) is 4.79 Å². The molecule has 0 atom stereocenters. The number of hydrogen-bond acceptors (Lipinski definition) is 5. The van der Waals surface area contributed by atoms with Gasteiger partial charge in [0.15, 0.2) is 5.16 Å². The number of hydrogen-bond donors (Lipinski definition) is 0. The molecule has 1 aliphatic carbocycles. The van der Waals surface area contributed by atoms with Gasteiger partial charge in [-0.15, -0.1) is 10.2 Å². The van der Waals surface area contributed by atoms with Gasteiger partial charge in [-0.25, -0.2) is 4.98 Å². The van der Waals surface area contributed by atoms with Crippen molar-refractivity contribution in [2.75, 3.05) is 0 Å². The van der Waals surface area contributed by atoms with Gasteiger partial charge in [0.05, 0.1) is 5.69 Å². The van der Waals surface area contributed by atoms with Crippen LogP contribution >= 0.6 is 27.7 Å². The van der Waals surface area contributed by atoms with Crippen LogP contribution in [0.4, 0.5) is 0 Å². The van der Waals surface area contributed by atoms with Crippen LogP contribution in [-0.4, -0.2) is 24.1 Å². The molecule has 1 saturated carbocycles. The molecular weight excluding hydrogens is 438 g/mol. The quantitative estimate of drug-likeness (QED) is 0.423. The third kappa shape index (κ3) is 3.38. The van der Waals surface area contributed by atoms with Crippen molar-refractivity contribution in [2.24, 2.45) is 0 Å². The molecule has 1 fully saturated rings. The molecule has 28 heavy (non-hydrogen) atoms. The number of aromatic nitrogens is 5. The SMILES string of the molecule is O=c1cc(CSc2nnc(C3CC3)n2-c2ccccc2)nc2ccc(Br)cn12. The van der Waals surface area contributed by atoms with E-state index in [1.165, 1.54) is 4.40 Å². The number of nitrogens with zero attached hydrogens (tertiary/aromatic N) is 5. The van der Waals surface area contributed by atoms with E-state index in [0.717, 1.165) is 39.7 Å². The van der Waals surface area contributed by atoms with E-state index < -0.39 is 0 Å². The van der Waals surface area contributed by atoms with Gasteiger partial charge in [-0.2, -0.15) is 0 Å². The Morgan fingerprint density at radius 1 is 1.11 bits per heavy atom. The Balaban J connectivity index is 1.47. The molecule has 0 radical (unpaired) electrons. The van der Waals surface area contributed by atoms with Gasteiger partial charge in [0.1, 0.15) is 11.5 Å². The number of para-hydroxylation sites is 1. The van der Waals surface area contributed by atoms with Crippen molar-refractivity contribution in [3.63, 3.8) is 0 Å². The normalized spacial score (nSPS) is 13.9. The zero-order valence-corrected chi connectivity index (χ0v) is 17.2. The number of halogens is 1. The highest BCUT2D eigenvalue weighted by molar-refractivity contribution is 9.10. The zero-order valence-electron chi connectivity index (χ0n) is 14.8. The molecule has 140 valence electrons. The maximum atomic E-state index is 12.4. The van der Waals surface area contributed by atoms with Crippen molar-refractivity contribution >= 4 is 33.3 Å². The first kappa shape index (κ1) is 17.6. The molecule has 1 aromatic carbocycles. The second-order valence-corrected chi connectivity index (χ2v) is 8.59. The maximum absolute atomic E-state index is 12.4. The minimum absolute atomic E-state index is 0.0925. The van der Waals surface area contributed by atoms with Gasteiger partial charge in [-0.3, -0.25) is 13.8 Å². The van der Waals surface area contributed by atoms with Crippen molar-refractivity contribution in [3.05, 3.63) is 81.1 Å². The molecule has 0 N–H and O–H groups in total. The monoisotopic (exact) mass is 453 g/mol. The number of rotatable bonds is 5. The average Bonchev–Trinajstić information content (AvgIpc) is 3.47. The number of thioether (sulfide) groups is 1. The highest BCUT2D eigenvalue weighted by Gasteiger charge is 2.31. The van der Waals surface area contributed by atoms with E-state index in [2.05, 4.69) is 47.8 Å². The fraction of sp³-hybridized carbons (Fsp3) is 0.200. The summed E-state index contributed by atoms with van der Waals surface area (Å²) in [6, 6.07) is 15.5.